The third-order valence-corrected chi connectivity index (χ3v) is 2.84. The van der Waals surface area contributed by atoms with Crippen LogP contribution in [0.15, 0.2) is 0 Å². The first-order chi connectivity index (χ1) is 5.75. The van der Waals surface area contributed by atoms with Crippen LogP contribution >= 0.6 is 0 Å². The first-order valence-corrected chi connectivity index (χ1v) is 4.46. The predicted octanol–water partition coefficient (Wildman–Crippen LogP) is 0.523. The maximum atomic E-state index is 10.5. The van der Waals surface area contributed by atoms with Gasteiger partial charge in [-0.2, -0.15) is 0 Å². The van der Waals surface area contributed by atoms with Gasteiger partial charge < -0.3 is 10.5 Å². The van der Waals surface area contributed by atoms with Crippen LogP contribution in [0.5, 0.6) is 0 Å². The molecule has 0 aromatic rings. The number of hydrogen-bond acceptors (Lipinski definition) is 3. The van der Waals surface area contributed by atoms with Crippen molar-refractivity contribution in [1.29, 1.82) is 0 Å². The lowest BCUT2D eigenvalue weighted by Crippen LogP contribution is -2.51. The Balaban J connectivity index is 1.95. The van der Waals surface area contributed by atoms with Crippen LogP contribution in [-0.2, 0) is 4.74 Å². The number of piperidine rings is 3. The standard InChI is InChI=1S/C8H14N2O2/c9-8(11)12-7-5-6-1-3-10(7)4-2-6/h6-7H,1-5H2,(H2,9,11). The molecule has 0 radical (unpaired) electrons. The molecule has 4 heteroatoms. The summed E-state index contributed by atoms with van der Waals surface area (Å²) in [5, 5.41) is 0. The van der Waals surface area contributed by atoms with Gasteiger partial charge in [0.15, 0.2) is 6.23 Å². The minimum Gasteiger partial charge on any atom is -0.430 e. The molecule has 0 spiro atoms. The van der Waals surface area contributed by atoms with E-state index in [1.165, 1.54) is 12.8 Å². The molecule has 2 bridgehead atoms. The van der Waals surface area contributed by atoms with E-state index in [9.17, 15) is 4.79 Å². The molecule has 3 fully saturated rings. The highest BCUT2D eigenvalue weighted by Gasteiger charge is 2.35. The van der Waals surface area contributed by atoms with Gasteiger partial charge in [-0.1, -0.05) is 0 Å². The van der Waals surface area contributed by atoms with Crippen LogP contribution in [0.1, 0.15) is 19.3 Å². The van der Waals surface area contributed by atoms with Crippen LogP contribution in [0.2, 0.25) is 0 Å². The number of amides is 1. The summed E-state index contributed by atoms with van der Waals surface area (Å²) in [5.41, 5.74) is 4.97. The monoisotopic (exact) mass is 170 g/mol. The summed E-state index contributed by atoms with van der Waals surface area (Å²) in [4.78, 5) is 12.7. The van der Waals surface area contributed by atoms with Gasteiger partial charge in [0, 0.05) is 19.5 Å². The summed E-state index contributed by atoms with van der Waals surface area (Å²) >= 11 is 0. The Labute approximate surface area is 71.7 Å². The van der Waals surface area contributed by atoms with Crippen molar-refractivity contribution >= 4 is 6.09 Å². The lowest BCUT2D eigenvalue weighted by molar-refractivity contribution is -0.0807. The molecule has 3 rings (SSSR count). The third-order valence-electron chi connectivity index (χ3n) is 2.84. The zero-order valence-corrected chi connectivity index (χ0v) is 7.03. The molecule has 0 aromatic carbocycles. The highest BCUT2D eigenvalue weighted by atomic mass is 16.6. The number of fused-ring (bicyclic) bond motifs is 3. The van der Waals surface area contributed by atoms with E-state index < -0.39 is 6.09 Å². The van der Waals surface area contributed by atoms with Crippen molar-refractivity contribution in [2.24, 2.45) is 11.7 Å². The van der Waals surface area contributed by atoms with Crippen molar-refractivity contribution in [1.82, 2.24) is 4.90 Å². The quantitative estimate of drug-likeness (QED) is 0.624. The maximum Gasteiger partial charge on any atom is 0.406 e. The van der Waals surface area contributed by atoms with Crippen molar-refractivity contribution in [2.45, 2.75) is 25.5 Å². The lowest BCUT2D eigenvalue weighted by Gasteiger charge is -2.44. The molecule has 3 aliphatic rings. The number of carbonyl (C=O) groups excluding carboxylic acids is 1. The zero-order valence-electron chi connectivity index (χ0n) is 7.03. The van der Waals surface area contributed by atoms with Crippen molar-refractivity contribution in [3.8, 4) is 0 Å². The summed E-state index contributed by atoms with van der Waals surface area (Å²) in [6, 6.07) is 0. The fourth-order valence-corrected chi connectivity index (χ4v) is 2.17. The second-order valence-electron chi connectivity index (χ2n) is 3.61. The fraction of sp³-hybridized carbons (Fsp3) is 0.875. The van der Waals surface area contributed by atoms with Crippen LogP contribution in [-0.4, -0.2) is 30.3 Å². The van der Waals surface area contributed by atoms with Crippen molar-refractivity contribution in [3.63, 3.8) is 0 Å². The summed E-state index contributed by atoms with van der Waals surface area (Å²) in [5.74, 6) is 0.749. The SMILES string of the molecule is NC(=O)OC1CC2CCN1CC2. The van der Waals surface area contributed by atoms with Crippen LogP contribution < -0.4 is 5.73 Å². The molecule has 4 nitrogen and oxygen atoms in total. The van der Waals surface area contributed by atoms with Crippen molar-refractivity contribution < 1.29 is 9.53 Å². The molecule has 3 saturated heterocycles. The smallest absolute Gasteiger partial charge is 0.406 e. The molecule has 3 heterocycles. The molecule has 2 N–H and O–H groups in total. The first-order valence-electron chi connectivity index (χ1n) is 4.46. The van der Waals surface area contributed by atoms with E-state index in [0.717, 1.165) is 25.4 Å². The van der Waals surface area contributed by atoms with E-state index in [1.54, 1.807) is 0 Å². The molecule has 3 aliphatic heterocycles. The molecule has 12 heavy (non-hydrogen) atoms. The highest BCUT2D eigenvalue weighted by Crippen LogP contribution is 2.31. The minimum atomic E-state index is -0.646. The topological polar surface area (TPSA) is 55.6 Å². The molecule has 1 amide bonds. The highest BCUT2D eigenvalue weighted by molar-refractivity contribution is 5.64. The average Bonchev–Trinajstić information content (AvgIpc) is 2.05. The Morgan fingerprint density at radius 1 is 1.42 bits per heavy atom. The van der Waals surface area contributed by atoms with Crippen LogP contribution in [0.3, 0.4) is 0 Å². The second kappa shape index (κ2) is 2.94. The summed E-state index contributed by atoms with van der Waals surface area (Å²) in [7, 11) is 0. The molecular formula is C8H14N2O2. The third kappa shape index (κ3) is 1.39. The molecule has 68 valence electrons. The Morgan fingerprint density at radius 3 is 2.50 bits per heavy atom. The largest absolute Gasteiger partial charge is 0.430 e. The van der Waals surface area contributed by atoms with Crippen LogP contribution in [0.4, 0.5) is 4.79 Å². The number of ether oxygens (including phenoxy) is 1. The lowest BCUT2D eigenvalue weighted by atomic mass is 9.87. The van der Waals surface area contributed by atoms with Gasteiger partial charge in [0.2, 0.25) is 0 Å². The van der Waals surface area contributed by atoms with E-state index >= 15 is 0 Å². The fourth-order valence-electron chi connectivity index (χ4n) is 2.17. The zero-order chi connectivity index (χ0) is 8.55. The van der Waals surface area contributed by atoms with E-state index in [2.05, 4.69) is 4.90 Å². The number of primary amides is 1. The maximum absolute atomic E-state index is 10.5. The average molecular weight is 170 g/mol. The van der Waals surface area contributed by atoms with Gasteiger partial charge in [-0.25, -0.2) is 4.79 Å². The van der Waals surface area contributed by atoms with Gasteiger partial charge in [-0.3, -0.25) is 4.90 Å². The Bertz CT molecular complexity index is 187. The normalized spacial score (nSPS) is 39.5. The van der Waals surface area contributed by atoms with Crippen LogP contribution in [0.25, 0.3) is 0 Å². The van der Waals surface area contributed by atoms with Crippen molar-refractivity contribution in [2.75, 3.05) is 13.1 Å². The van der Waals surface area contributed by atoms with Crippen LogP contribution in [0, 0.1) is 5.92 Å². The van der Waals surface area contributed by atoms with Gasteiger partial charge in [0.05, 0.1) is 0 Å². The molecule has 0 aromatic heterocycles. The van der Waals surface area contributed by atoms with E-state index in [1.807, 2.05) is 0 Å². The molecule has 1 unspecified atom stereocenters. The first kappa shape index (κ1) is 7.86. The number of carbonyl (C=O) groups is 1. The van der Waals surface area contributed by atoms with Gasteiger partial charge >= 0.3 is 6.09 Å². The Kier molecular flexibility index (Phi) is 1.92. The minimum absolute atomic E-state index is 0.0324. The summed E-state index contributed by atoms with van der Waals surface area (Å²) in [6.07, 6.45) is 2.79. The number of nitrogens with two attached hydrogens (primary N) is 1. The summed E-state index contributed by atoms with van der Waals surface area (Å²) in [6.45, 7) is 2.12. The van der Waals surface area contributed by atoms with Gasteiger partial charge in [0.1, 0.15) is 0 Å². The second-order valence-corrected chi connectivity index (χ2v) is 3.61. The Morgan fingerprint density at radius 2 is 2.08 bits per heavy atom. The molecule has 1 atom stereocenters. The van der Waals surface area contributed by atoms with Gasteiger partial charge in [0.25, 0.3) is 0 Å². The number of nitrogens with zero attached hydrogens (tertiary/aromatic N) is 1. The number of rotatable bonds is 1. The molecule has 0 saturated carbocycles. The molecular weight excluding hydrogens is 156 g/mol. The number of hydrogen-bond donors (Lipinski definition) is 1. The van der Waals surface area contributed by atoms with E-state index in [4.69, 9.17) is 10.5 Å². The van der Waals surface area contributed by atoms with Gasteiger partial charge in [-0.15, -0.1) is 0 Å². The van der Waals surface area contributed by atoms with Crippen molar-refractivity contribution in [3.05, 3.63) is 0 Å². The van der Waals surface area contributed by atoms with Gasteiger partial charge in [-0.05, 0) is 18.8 Å². The Hall–Kier alpha value is -0.770. The molecule has 0 aliphatic carbocycles. The van der Waals surface area contributed by atoms with E-state index in [0.29, 0.717) is 0 Å². The van der Waals surface area contributed by atoms with E-state index in [-0.39, 0.29) is 6.23 Å². The summed E-state index contributed by atoms with van der Waals surface area (Å²) < 4.78 is 4.99. The predicted molar refractivity (Wildman–Crippen MR) is 43.4 cm³/mol.